The Kier molecular flexibility index (Phi) is 2.82. The topological polar surface area (TPSA) is 32.9 Å². The molecule has 1 N–H and O–H groups in total. The van der Waals surface area contributed by atoms with Gasteiger partial charge in [-0.15, -0.1) is 0 Å². The van der Waals surface area contributed by atoms with E-state index in [1.807, 2.05) is 0 Å². The minimum absolute atomic E-state index is 0.252. The van der Waals surface area contributed by atoms with Crippen molar-refractivity contribution in [2.24, 2.45) is 0 Å². The van der Waals surface area contributed by atoms with Crippen molar-refractivity contribution in [3.05, 3.63) is 35.0 Å². The Balaban J connectivity index is 2.35. The lowest BCUT2D eigenvalue weighted by Crippen LogP contribution is -1.93. The molecule has 0 unspecified atom stereocenters. The Hall–Kier alpha value is -1.57. The molecule has 0 aliphatic carbocycles. The second-order valence-electron chi connectivity index (χ2n) is 4.46. The van der Waals surface area contributed by atoms with Gasteiger partial charge in [0.2, 0.25) is 0 Å². The lowest BCUT2D eigenvalue weighted by atomic mass is 10.0. The number of aromatic amines is 1. The minimum atomic E-state index is 0.252. The van der Waals surface area contributed by atoms with Crippen molar-refractivity contribution in [2.75, 3.05) is 0 Å². The summed E-state index contributed by atoms with van der Waals surface area (Å²) in [7, 11) is 0. The highest BCUT2D eigenvalue weighted by Gasteiger charge is 2.05. The maximum Gasteiger partial charge on any atom is 0.130 e. The van der Waals surface area contributed by atoms with Crippen LogP contribution in [0.4, 0.5) is 0 Å². The fraction of sp³-hybridized carbons (Fsp3) is 0.357. The van der Waals surface area contributed by atoms with Crippen LogP contribution in [0, 0.1) is 13.8 Å². The van der Waals surface area contributed by atoms with Crippen LogP contribution in [0.5, 0.6) is 0 Å². The molecule has 0 amide bonds. The first-order chi connectivity index (χ1) is 7.58. The summed E-state index contributed by atoms with van der Waals surface area (Å²) in [6, 6.07) is 6.39. The predicted molar refractivity (Wildman–Crippen MR) is 66.8 cm³/mol. The first kappa shape index (κ1) is 10.9. The second kappa shape index (κ2) is 4.12. The van der Waals surface area contributed by atoms with E-state index in [0.717, 1.165) is 6.42 Å². The third-order valence-electron chi connectivity index (χ3n) is 3.14. The molecule has 1 aromatic carbocycles. The summed E-state index contributed by atoms with van der Waals surface area (Å²) < 4.78 is 0. The molecule has 84 valence electrons. The molecule has 1 heterocycles. The molecule has 2 nitrogen and oxygen atoms in total. The third kappa shape index (κ3) is 2.01. The molecule has 2 heteroatoms. The number of fused-ring (bicyclic) bond motifs is 1. The first-order valence-corrected chi connectivity index (χ1v) is 5.65. The monoisotopic (exact) mass is 215 g/mol. The molecule has 0 aliphatic heterocycles. The predicted octanol–water partition coefficient (Wildman–Crippen LogP) is 3.31. The number of ketones is 1. The molecule has 0 saturated carbocycles. The smallest absolute Gasteiger partial charge is 0.130 e. The van der Waals surface area contributed by atoms with Crippen molar-refractivity contribution < 1.29 is 4.79 Å². The molecule has 0 fully saturated rings. The van der Waals surface area contributed by atoms with E-state index in [1.54, 1.807) is 6.92 Å². The Morgan fingerprint density at radius 1 is 1.31 bits per heavy atom. The molecule has 0 aliphatic rings. The quantitative estimate of drug-likeness (QED) is 0.837. The molecular weight excluding hydrogens is 198 g/mol. The van der Waals surface area contributed by atoms with Crippen molar-refractivity contribution in [3.8, 4) is 0 Å². The standard InChI is InChI=1S/C14H17NO/c1-9(16)4-5-12-6-7-14-13(8-12)10(2)11(3)15-14/h6-8,15H,4-5H2,1-3H3. The SMILES string of the molecule is CC(=O)CCc1ccc2[nH]c(C)c(C)c2c1. The number of rotatable bonds is 3. The van der Waals surface area contributed by atoms with Gasteiger partial charge in [-0.3, -0.25) is 0 Å². The van der Waals surface area contributed by atoms with Crippen LogP contribution in [0.3, 0.4) is 0 Å². The average Bonchev–Trinajstić information content (AvgIpc) is 2.52. The number of benzene rings is 1. The van der Waals surface area contributed by atoms with Gasteiger partial charge in [-0.2, -0.15) is 0 Å². The van der Waals surface area contributed by atoms with E-state index in [9.17, 15) is 4.79 Å². The highest BCUT2D eigenvalue weighted by atomic mass is 16.1. The van der Waals surface area contributed by atoms with Gasteiger partial charge in [0.1, 0.15) is 5.78 Å². The molecule has 2 rings (SSSR count). The van der Waals surface area contributed by atoms with Gasteiger partial charge in [-0.1, -0.05) is 6.07 Å². The van der Waals surface area contributed by atoms with Gasteiger partial charge in [0.15, 0.2) is 0 Å². The number of aryl methyl sites for hydroxylation is 3. The summed E-state index contributed by atoms with van der Waals surface area (Å²) in [5.41, 5.74) is 4.95. The van der Waals surface area contributed by atoms with Crippen LogP contribution in [-0.4, -0.2) is 10.8 Å². The van der Waals surface area contributed by atoms with Gasteiger partial charge in [0, 0.05) is 23.0 Å². The van der Waals surface area contributed by atoms with E-state index in [0.29, 0.717) is 6.42 Å². The Morgan fingerprint density at radius 3 is 2.75 bits per heavy atom. The van der Waals surface area contributed by atoms with Gasteiger partial charge in [0.25, 0.3) is 0 Å². The van der Waals surface area contributed by atoms with Crippen molar-refractivity contribution in [3.63, 3.8) is 0 Å². The van der Waals surface area contributed by atoms with Gasteiger partial charge in [-0.05, 0) is 50.5 Å². The maximum atomic E-state index is 10.9. The molecule has 2 aromatic rings. The molecule has 0 radical (unpaired) electrons. The molecule has 0 bridgehead atoms. The van der Waals surface area contributed by atoms with E-state index < -0.39 is 0 Å². The highest BCUT2D eigenvalue weighted by Crippen LogP contribution is 2.22. The van der Waals surface area contributed by atoms with Gasteiger partial charge < -0.3 is 9.78 Å². The summed E-state index contributed by atoms with van der Waals surface area (Å²) in [6.45, 7) is 5.86. The number of Topliss-reactive ketones (excluding diaryl/α,β-unsaturated/α-hetero) is 1. The van der Waals surface area contributed by atoms with E-state index in [-0.39, 0.29) is 5.78 Å². The first-order valence-electron chi connectivity index (χ1n) is 5.65. The van der Waals surface area contributed by atoms with E-state index in [1.165, 1.54) is 27.7 Å². The van der Waals surface area contributed by atoms with E-state index >= 15 is 0 Å². The fourth-order valence-corrected chi connectivity index (χ4v) is 1.98. The van der Waals surface area contributed by atoms with E-state index in [4.69, 9.17) is 0 Å². The van der Waals surface area contributed by atoms with Crippen molar-refractivity contribution in [2.45, 2.75) is 33.6 Å². The highest BCUT2D eigenvalue weighted by molar-refractivity contribution is 5.85. The van der Waals surface area contributed by atoms with Crippen LogP contribution in [0.15, 0.2) is 18.2 Å². The third-order valence-corrected chi connectivity index (χ3v) is 3.14. The van der Waals surface area contributed by atoms with Gasteiger partial charge in [0.05, 0.1) is 0 Å². The van der Waals surface area contributed by atoms with Crippen LogP contribution >= 0.6 is 0 Å². The van der Waals surface area contributed by atoms with Crippen LogP contribution in [0.1, 0.15) is 30.2 Å². The number of carbonyl (C=O) groups excluding carboxylic acids is 1. The number of carbonyl (C=O) groups is 1. The zero-order chi connectivity index (χ0) is 11.7. The molecule has 1 aromatic heterocycles. The van der Waals surface area contributed by atoms with E-state index in [2.05, 4.69) is 37.0 Å². The summed E-state index contributed by atoms with van der Waals surface area (Å²) in [5.74, 6) is 0.252. The number of hydrogen-bond donors (Lipinski definition) is 1. The van der Waals surface area contributed by atoms with Crippen molar-refractivity contribution >= 4 is 16.7 Å². The number of hydrogen-bond acceptors (Lipinski definition) is 1. The molecular formula is C14H17NO. The summed E-state index contributed by atoms with van der Waals surface area (Å²) in [6.07, 6.45) is 1.48. The van der Waals surface area contributed by atoms with Gasteiger partial charge in [-0.25, -0.2) is 0 Å². The Bertz CT molecular complexity index is 537. The zero-order valence-electron chi connectivity index (χ0n) is 10.1. The van der Waals surface area contributed by atoms with Gasteiger partial charge >= 0.3 is 0 Å². The van der Waals surface area contributed by atoms with Crippen LogP contribution in [0.2, 0.25) is 0 Å². The zero-order valence-corrected chi connectivity index (χ0v) is 10.1. The average molecular weight is 215 g/mol. The minimum Gasteiger partial charge on any atom is -0.358 e. The number of H-pyrrole nitrogens is 1. The summed E-state index contributed by atoms with van der Waals surface area (Å²) in [4.78, 5) is 14.3. The largest absolute Gasteiger partial charge is 0.358 e. The summed E-state index contributed by atoms with van der Waals surface area (Å²) in [5, 5.41) is 1.28. The molecule has 0 saturated heterocycles. The Labute approximate surface area is 95.7 Å². The lowest BCUT2D eigenvalue weighted by Gasteiger charge is -2.00. The van der Waals surface area contributed by atoms with Crippen LogP contribution < -0.4 is 0 Å². The number of nitrogens with one attached hydrogen (secondary N) is 1. The normalized spacial score (nSPS) is 10.9. The van der Waals surface area contributed by atoms with Crippen LogP contribution in [-0.2, 0) is 11.2 Å². The Morgan fingerprint density at radius 2 is 2.06 bits per heavy atom. The lowest BCUT2D eigenvalue weighted by molar-refractivity contribution is -0.116. The van der Waals surface area contributed by atoms with Crippen molar-refractivity contribution in [1.29, 1.82) is 0 Å². The maximum absolute atomic E-state index is 10.9. The second-order valence-corrected chi connectivity index (χ2v) is 4.46. The number of aromatic nitrogens is 1. The molecule has 16 heavy (non-hydrogen) atoms. The fourth-order valence-electron chi connectivity index (χ4n) is 1.98. The molecule has 0 atom stereocenters. The summed E-state index contributed by atoms with van der Waals surface area (Å²) >= 11 is 0. The van der Waals surface area contributed by atoms with Crippen LogP contribution in [0.25, 0.3) is 10.9 Å². The van der Waals surface area contributed by atoms with Crippen molar-refractivity contribution in [1.82, 2.24) is 4.98 Å². The molecule has 0 spiro atoms.